The van der Waals surface area contributed by atoms with Crippen molar-refractivity contribution in [1.29, 1.82) is 0 Å². The van der Waals surface area contributed by atoms with Crippen molar-refractivity contribution in [3.8, 4) is 11.1 Å². The molecule has 4 N–H and O–H groups in total. The Labute approximate surface area is 494 Å². The molecule has 0 unspecified atom stereocenters. The molecule has 5 aromatic rings. The van der Waals surface area contributed by atoms with Gasteiger partial charge in [0.2, 0.25) is 23.6 Å². The molecule has 0 aliphatic heterocycles. The molecule has 0 spiro atoms. The second-order valence-electron chi connectivity index (χ2n) is 23.5. The third-order valence-electron chi connectivity index (χ3n) is 14.4. The minimum absolute atomic E-state index is 0.107. The number of benzene rings is 5. The predicted molar refractivity (Wildman–Crippen MR) is 322 cm³/mol. The molecule has 0 saturated heterocycles. The molecule has 0 aliphatic carbocycles. The number of esters is 1. The van der Waals surface area contributed by atoms with Crippen LogP contribution in [0, 0.1) is 11.8 Å². The van der Waals surface area contributed by atoms with Crippen LogP contribution in [0.2, 0.25) is 0 Å². The van der Waals surface area contributed by atoms with Gasteiger partial charge < -0.3 is 35.4 Å². The van der Waals surface area contributed by atoms with Gasteiger partial charge in [0, 0.05) is 50.6 Å². The number of ether oxygens (including phenoxy) is 2. The van der Waals surface area contributed by atoms with E-state index in [1.165, 1.54) is 26.5 Å². The third-order valence-corrected chi connectivity index (χ3v) is 14.4. The Hall–Kier alpha value is -8.11. The van der Waals surface area contributed by atoms with Gasteiger partial charge in [-0.1, -0.05) is 160 Å². The second kappa shape index (κ2) is 31.0. The van der Waals surface area contributed by atoms with Gasteiger partial charge in [-0.05, 0) is 101 Å². The average molecular weight is 1150 g/mol. The first-order valence-electron chi connectivity index (χ1n) is 28.9. The van der Waals surface area contributed by atoms with E-state index in [4.69, 9.17) is 9.47 Å². The van der Waals surface area contributed by atoms with E-state index in [0.717, 1.165) is 35.3 Å². The van der Waals surface area contributed by atoms with E-state index in [1.54, 1.807) is 32.9 Å². The number of carbonyl (C=O) groups is 9. The molecule has 4 amide bonds. The normalized spacial score (nSPS) is 13.5. The number of nitrogens with zero attached hydrogens (tertiary/aromatic N) is 1. The molecule has 0 saturated carbocycles. The van der Waals surface area contributed by atoms with E-state index in [0.29, 0.717) is 22.3 Å². The van der Waals surface area contributed by atoms with Gasteiger partial charge >= 0.3 is 11.9 Å². The van der Waals surface area contributed by atoms with Gasteiger partial charge in [0.05, 0.1) is 36.6 Å². The highest BCUT2D eigenvalue weighted by Crippen LogP contribution is 2.37. The maximum absolute atomic E-state index is 14.2. The van der Waals surface area contributed by atoms with Crippen molar-refractivity contribution in [1.82, 2.24) is 20.9 Å². The predicted octanol–water partition coefficient (Wildman–Crippen LogP) is 10.2. The first-order valence-corrected chi connectivity index (χ1v) is 28.9. The molecule has 0 radical (unpaired) electrons. The highest BCUT2D eigenvalue weighted by Gasteiger charge is 2.40. The SMILES string of the molecule is CCCCc1ccc(-c2ccc(C(=O)C[C@H](COC(C)(C)C)C(=O)N[C@H](C)C(=O)CCC(=O)N(C)[C@@H](CCC(=O)OC(C)(C)C)C(=O)C[C@@H](C)C(=O)N[C@@H](CC(=O)NC(c3ccccc3)(c3ccccc3)c3ccccc3)C(=O)O)cc2)cc1. The molecular weight excluding hydrogens is 1060 g/mol. The summed E-state index contributed by atoms with van der Waals surface area (Å²) in [7, 11) is 1.34. The van der Waals surface area contributed by atoms with Crippen LogP contribution in [0.15, 0.2) is 140 Å². The Morgan fingerprint density at radius 3 is 1.61 bits per heavy atom. The largest absolute Gasteiger partial charge is 0.480 e. The number of aryl methyl sites for hydroxylation is 1. The van der Waals surface area contributed by atoms with E-state index in [9.17, 15) is 48.3 Å². The molecule has 84 heavy (non-hydrogen) atoms. The zero-order valence-electron chi connectivity index (χ0n) is 50.3. The number of aliphatic carboxylic acids is 1. The van der Waals surface area contributed by atoms with Crippen LogP contribution >= 0.6 is 0 Å². The van der Waals surface area contributed by atoms with Crippen molar-refractivity contribution < 1.29 is 57.7 Å². The van der Waals surface area contributed by atoms with Crippen LogP contribution in [0.25, 0.3) is 11.1 Å². The van der Waals surface area contributed by atoms with Crippen molar-refractivity contribution >= 4 is 52.9 Å². The van der Waals surface area contributed by atoms with Crippen LogP contribution in [0.3, 0.4) is 0 Å². The number of hydrogen-bond acceptors (Lipinski definition) is 11. The molecular formula is C68H84N4O12. The number of likely N-dealkylation sites (N-methyl/N-ethyl adjacent to an activating group) is 1. The van der Waals surface area contributed by atoms with Crippen LogP contribution in [-0.4, -0.2) is 106 Å². The lowest BCUT2D eigenvalue weighted by atomic mass is 9.77. The summed E-state index contributed by atoms with van der Waals surface area (Å²) in [5.41, 5.74) is 2.96. The van der Waals surface area contributed by atoms with Gasteiger partial charge in [0.1, 0.15) is 17.2 Å². The zero-order chi connectivity index (χ0) is 61.8. The van der Waals surface area contributed by atoms with Crippen LogP contribution in [0.5, 0.6) is 0 Å². The third kappa shape index (κ3) is 20.1. The summed E-state index contributed by atoms with van der Waals surface area (Å²) in [6, 6.07) is 39.1. The van der Waals surface area contributed by atoms with Gasteiger partial charge in [-0.15, -0.1) is 0 Å². The highest BCUT2D eigenvalue weighted by molar-refractivity contribution is 6.00. The maximum Gasteiger partial charge on any atom is 0.326 e. The quantitative estimate of drug-likeness (QED) is 0.0184. The molecule has 448 valence electrons. The van der Waals surface area contributed by atoms with Crippen molar-refractivity contribution in [3.63, 3.8) is 0 Å². The molecule has 0 aromatic heterocycles. The summed E-state index contributed by atoms with van der Waals surface area (Å²) in [4.78, 5) is 124. The Morgan fingerprint density at radius 2 is 1.12 bits per heavy atom. The Kier molecular flexibility index (Phi) is 24.6. The van der Waals surface area contributed by atoms with Crippen LogP contribution in [-0.2, 0) is 59.8 Å². The maximum atomic E-state index is 14.2. The first kappa shape index (κ1) is 66.7. The Bertz CT molecular complexity index is 2930. The van der Waals surface area contributed by atoms with Gasteiger partial charge in [-0.3, -0.25) is 38.4 Å². The van der Waals surface area contributed by atoms with Crippen molar-refractivity contribution in [2.75, 3.05) is 13.7 Å². The minimum atomic E-state index is -1.72. The van der Waals surface area contributed by atoms with E-state index in [-0.39, 0.29) is 38.1 Å². The summed E-state index contributed by atoms with van der Waals surface area (Å²) >= 11 is 0. The first-order chi connectivity index (χ1) is 39.7. The molecule has 5 rings (SSSR count). The van der Waals surface area contributed by atoms with Gasteiger partial charge in [-0.25, -0.2) is 4.79 Å². The number of Topliss-reactive ketones (excluding diaryl/α,β-unsaturated/α-hetero) is 3. The fourth-order valence-corrected chi connectivity index (χ4v) is 9.71. The standard InChI is InChI=1S/C68H84N4O12/c1-11-12-22-47-29-31-48(32-30-47)49-33-35-50(36-34-49)58(74)42-51(44-83-66(4,5)6)64(80)69-46(3)57(73)38-39-61(77)72(10)56(37-40-62(78)84-67(7,8)9)59(75)41-45(2)63(79)70-55(65(81)82)43-60(76)71-68(52-23-16-13-17-24-52,53-25-18-14-19-26-53)54-27-20-15-21-28-54/h13-21,23-36,45-46,51,55-56H,11-12,22,37-44H2,1-10H3,(H,69,80)(H,70,79)(H,71,76)(H,81,82)/t45-,46-,51-,55+,56+/m1/s1. The Balaban J connectivity index is 1.23. The number of nitrogens with one attached hydrogen (secondary N) is 3. The number of carbonyl (C=O) groups excluding carboxylic acids is 8. The van der Waals surface area contributed by atoms with Crippen LogP contribution in [0.1, 0.15) is 153 Å². The molecule has 16 nitrogen and oxygen atoms in total. The van der Waals surface area contributed by atoms with Gasteiger partial charge in [0.25, 0.3) is 0 Å². The number of rotatable bonds is 31. The molecule has 5 aromatic carbocycles. The summed E-state index contributed by atoms with van der Waals surface area (Å²) < 4.78 is 11.5. The average Bonchev–Trinajstić information content (AvgIpc) is 2.54. The topological polar surface area (TPSA) is 232 Å². The van der Waals surface area contributed by atoms with Gasteiger partial charge in [0.15, 0.2) is 17.3 Å². The number of unbranched alkanes of at least 4 members (excludes halogenated alkanes) is 1. The fourth-order valence-electron chi connectivity index (χ4n) is 9.71. The monoisotopic (exact) mass is 1150 g/mol. The molecule has 0 fully saturated rings. The lowest BCUT2D eigenvalue weighted by Crippen LogP contribution is -2.51. The number of ketones is 3. The van der Waals surface area contributed by atoms with E-state index >= 15 is 0 Å². The van der Waals surface area contributed by atoms with E-state index in [2.05, 4.69) is 47.1 Å². The minimum Gasteiger partial charge on any atom is -0.480 e. The fraction of sp³-hybridized carbons (Fsp3) is 0.426. The molecule has 0 aliphatic rings. The molecule has 0 heterocycles. The van der Waals surface area contributed by atoms with Gasteiger partial charge in [-0.2, -0.15) is 0 Å². The summed E-state index contributed by atoms with van der Waals surface area (Å²) in [6.07, 6.45) is 0.631. The lowest BCUT2D eigenvalue weighted by Gasteiger charge is -2.37. The smallest absolute Gasteiger partial charge is 0.326 e. The number of carboxylic acids is 1. The summed E-state index contributed by atoms with van der Waals surface area (Å²) in [5.74, 6) is -8.47. The summed E-state index contributed by atoms with van der Waals surface area (Å²) in [5, 5.41) is 18.6. The summed E-state index contributed by atoms with van der Waals surface area (Å²) in [6.45, 7) is 15.4. The number of amides is 4. The zero-order valence-corrected chi connectivity index (χ0v) is 50.3. The van der Waals surface area contributed by atoms with E-state index < -0.39 is 113 Å². The molecule has 0 bridgehead atoms. The second-order valence-corrected chi connectivity index (χ2v) is 23.5. The van der Waals surface area contributed by atoms with Crippen LogP contribution < -0.4 is 16.0 Å². The van der Waals surface area contributed by atoms with Crippen molar-refractivity contribution in [2.45, 2.75) is 161 Å². The Morgan fingerprint density at radius 1 is 0.595 bits per heavy atom. The van der Waals surface area contributed by atoms with Crippen LogP contribution in [0.4, 0.5) is 0 Å². The van der Waals surface area contributed by atoms with E-state index in [1.807, 2.05) is 124 Å². The highest BCUT2D eigenvalue weighted by atomic mass is 16.6. The number of hydrogen-bond donors (Lipinski definition) is 4. The molecule has 16 heteroatoms. The molecule has 5 atom stereocenters. The van der Waals surface area contributed by atoms with Crippen molar-refractivity contribution in [3.05, 3.63) is 167 Å². The lowest BCUT2D eigenvalue weighted by molar-refractivity contribution is -0.156. The van der Waals surface area contributed by atoms with Crippen molar-refractivity contribution in [2.24, 2.45) is 11.8 Å². The number of carboxylic acid groups (broad SMARTS) is 1.